The van der Waals surface area contributed by atoms with Crippen molar-refractivity contribution in [3.8, 4) is 11.3 Å². The van der Waals surface area contributed by atoms with E-state index in [-0.39, 0.29) is 29.4 Å². The second-order valence-electron chi connectivity index (χ2n) is 7.21. The van der Waals surface area contributed by atoms with Gasteiger partial charge in [-0.15, -0.1) is 11.3 Å². The van der Waals surface area contributed by atoms with Crippen molar-refractivity contribution in [3.05, 3.63) is 65.3 Å². The van der Waals surface area contributed by atoms with Gasteiger partial charge in [0.25, 0.3) is 5.91 Å². The van der Waals surface area contributed by atoms with E-state index in [1.807, 2.05) is 0 Å². The molecule has 0 atom stereocenters. The molecule has 3 aromatic rings. The fourth-order valence-electron chi connectivity index (χ4n) is 3.15. The first-order valence-corrected chi connectivity index (χ1v) is 12.5. The van der Waals surface area contributed by atoms with Crippen molar-refractivity contribution in [2.75, 3.05) is 38.2 Å². The third kappa shape index (κ3) is 5.65. The monoisotopic (exact) mass is 505 g/mol. The molecule has 1 fully saturated rings. The Hall–Kier alpha value is -3.19. The summed E-state index contributed by atoms with van der Waals surface area (Å²) in [5.41, 5.74) is 1.38. The van der Waals surface area contributed by atoms with Crippen molar-refractivity contribution in [2.45, 2.75) is 4.90 Å². The number of anilines is 1. The molecule has 12 heteroatoms. The number of rotatable bonds is 7. The lowest BCUT2D eigenvalue weighted by Gasteiger charge is -2.26. The number of halogens is 1. The lowest BCUT2D eigenvalue weighted by molar-refractivity contribution is -0.119. The zero-order chi connectivity index (χ0) is 24.1. The summed E-state index contributed by atoms with van der Waals surface area (Å²) >= 11 is 1.18. The number of ether oxygens (including phenoxy) is 2. The lowest BCUT2D eigenvalue weighted by atomic mass is 10.2. The van der Waals surface area contributed by atoms with Gasteiger partial charge in [-0.3, -0.25) is 10.1 Å². The molecule has 0 radical (unpaired) electrons. The number of hydrogen-bond donors (Lipinski definition) is 1. The lowest BCUT2D eigenvalue weighted by Crippen LogP contribution is -2.40. The van der Waals surface area contributed by atoms with E-state index in [0.717, 1.165) is 0 Å². The summed E-state index contributed by atoms with van der Waals surface area (Å²) in [6.45, 7) is 0.663. The molecule has 1 aliphatic rings. The number of carbonyl (C=O) groups is 2. The number of nitrogens with one attached hydrogen (secondary N) is 1. The molecule has 9 nitrogen and oxygen atoms in total. The van der Waals surface area contributed by atoms with Gasteiger partial charge in [-0.25, -0.2) is 22.6 Å². The van der Waals surface area contributed by atoms with Crippen LogP contribution in [0.1, 0.15) is 10.4 Å². The number of sulfonamides is 1. The van der Waals surface area contributed by atoms with Crippen molar-refractivity contribution in [3.63, 3.8) is 0 Å². The molecule has 0 bridgehead atoms. The number of morpholine rings is 1. The summed E-state index contributed by atoms with van der Waals surface area (Å²) in [7, 11) is -3.67. The molecule has 4 rings (SSSR count). The van der Waals surface area contributed by atoms with Crippen LogP contribution in [0.3, 0.4) is 0 Å². The molecule has 1 saturated heterocycles. The second kappa shape index (κ2) is 10.4. The van der Waals surface area contributed by atoms with E-state index >= 15 is 0 Å². The van der Waals surface area contributed by atoms with Crippen LogP contribution in [0.2, 0.25) is 0 Å². The predicted molar refractivity (Wildman–Crippen MR) is 122 cm³/mol. The van der Waals surface area contributed by atoms with Crippen molar-refractivity contribution in [1.29, 1.82) is 0 Å². The maximum Gasteiger partial charge on any atom is 0.338 e. The zero-order valence-electron chi connectivity index (χ0n) is 17.8. The summed E-state index contributed by atoms with van der Waals surface area (Å²) in [6.07, 6.45) is 0. The fourth-order valence-corrected chi connectivity index (χ4v) is 5.30. The Bertz CT molecular complexity index is 1270. The average Bonchev–Trinajstić information content (AvgIpc) is 3.32. The summed E-state index contributed by atoms with van der Waals surface area (Å²) in [6, 6.07) is 11.1. The van der Waals surface area contributed by atoms with Gasteiger partial charge in [0.15, 0.2) is 11.7 Å². The molecule has 1 amide bonds. The van der Waals surface area contributed by atoms with Crippen molar-refractivity contribution < 1.29 is 31.9 Å². The molecule has 0 aliphatic carbocycles. The van der Waals surface area contributed by atoms with E-state index in [2.05, 4.69) is 10.3 Å². The molecule has 2 aromatic carbocycles. The van der Waals surface area contributed by atoms with Crippen LogP contribution in [0.4, 0.5) is 9.52 Å². The molecule has 34 heavy (non-hydrogen) atoms. The highest BCUT2D eigenvalue weighted by molar-refractivity contribution is 7.89. The highest BCUT2D eigenvalue weighted by Crippen LogP contribution is 2.25. The van der Waals surface area contributed by atoms with Crippen molar-refractivity contribution in [2.24, 2.45) is 0 Å². The molecule has 1 aromatic heterocycles. The Morgan fingerprint density at radius 1 is 1.09 bits per heavy atom. The van der Waals surface area contributed by atoms with Crippen LogP contribution in [-0.2, 0) is 24.3 Å². The normalized spacial score (nSPS) is 14.5. The van der Waals surface area contributed by atoms with E-state index in [4.69, 9.17) is 9.47 Å². The largest absolute Gasteiger partial charge is 0.452 e. The Labute approximate surface area is 199 Å². The minimum absolute atomic E-state index is 0.0596. The third-order valence-electron chi connectivity index (χ3n) is 4.92. The van der Waals surface area contributed by atoms with Crippen LogP contribution in [0.5, 0.6) is 0 Å². The summed E-state index contributed by atoms with van der Waals surface area (Å²) in [5, 5.41) is 4.55. The van der Waals surface area contributed by atoms with E-state index in [9.17, 15) is 22.4 Å². The number of benzene rings is 2. The number of nitrogens with zero attached hydrogens (tertiary/aromatic N) is 2. The van der Waals surface area contributed by atoms with Crippen LogP contribution in [-0.4, -0.2) is 62.5 Å². The summed E-state index contributed by atoms with van der Waals surface area (Å²) in [5.74, 6) is -1.71. The fraction of sp³-hybridized carbons (Fsp3) is 0.227. The van der Waals surface area contributed by atoms with Crippen molar-refractivity contribution >= 4 is 38.4 Å². The number of carbonyl (C=O) groups excluding carboxylic acids is 2. The number of hydrogen-bond acceptors (Lipinski definition) is 8. The van der Waals surface area contributed by atoms with Gasteiger partial charge in [0.05, 0.1) is 29.4 Å². The molecule has 178 valence electrons. The third-order valence-corrected chi connectivity index (χ3v) is 7.59. The van der Waals surface area contributed by atoms with Gasteiger partial charge in [-0.2, -0.15) is 4.31 Å². The molecular formula is C22H20FN3O6S2. The van der Waals surface area contributed by atoms with Crippen LogP contribution in [0.15, 0.2) is 58.8 Å². The molecule has 0 unspecified atom stereocenters. The molecular weight excluding hydrogens is 485 g/mol. The Morgan fingerprint density at radius 2 is 1.76 bits per heavy atom. The highest BCUT2D eigenvalue weighted by atomic mass is 32.2. The predicted octanol–water partition coefficient (Wildman–Crippen LogP) is 2.77. The number of thiazole rings is 1. The average molecular weight is 506 g/mol. The first-order valence-electron chi connectivity index (χ1n) is 10.2. The Balaban J connectivity index is 1.30. The maximum absolute atomic E-state index is 13.1. The minimum atomic E-state index is -3.67. The quantitative estimate of drug-likeness (QED) is 0.491. The first-order chi connectivity index (χ1) is 16.3. The number of esters is 1. The zero-order valence-corrected chi connectivity index (χ0v) is 19.4. The molecule has 0 saturated carbocycles. The Morgan fingerprint density at radius 3 is 2.44 bits per heavy atom. The summed E-state index contributed by atoms with van der Waals surface area (Å²) < 4.78 is 49.9. The maximum atomic E-state index is 13.1. The molecule has 1 aliphatic heterocycles. The smallest absolute Gasteiger partial charge is 0.338 e. The van der Waals surface area contributed by atoms with Crippen LogP contribution in [0, 0.1) is 5.82 Å². The molecule has 0 spiro atoms. The number of amides is 1. The Kier molecular flexibility index (Phi) is 7.32. The second-order valence-corrected chi connectivity index (χ2v) is 10.0. The van der Waals surface area contributed by atoms with Gasteiger partial charge in [0, 0.05) is 24.0 Å². The minimum Gasteiger partial charge on any atom is -0.452 e. The van der Waals surface area contributed by atoms with Crippen molar-refractivity contribution in [1.82, 2.24) is 9.29 Å². The highest BCUT2D eigenvalue weighted by Gasteiger charge is 2.26. The van der Waals surface area contributed by atoms with Crippen LogP contribution in [0.25, 0.3) is 11.3 Å². The standard InChI is InChI=1S/C22H20FN3O6S2/c23-17-5-1-15(2-6-17)19-14-33-22(24-19)25-20(27)13-32-21(28)16-3-7-18(8-4-16)34(29,30)26-9-11-31-12-10-26/h1-8,14H,9-13H2,(H,24,25,27). The summed E-state index contributed by atoms with van der Waals surface area (Å²) in [4.78, 5) is 28.7. The van der Waals surface area contributed by atoms with Gasteiger partial charge in [-0.1, -0.05) is 0 Å². The van der Waals surface area contributed by atoms with Gasteiger partial charge < -0.3 is 9.47 Å². The van der Waals surface area contributed by atoms with E-state index < -0.39 is 28.5 Å². The number of aromatic nitrogens is 1. The SMILES string of the molecule is O=C(COC(=O)c1ccc(S(=O)(=O)N2CCOCC2)cc1)Nc1nc(-c2ccc(F)cc2)cs1. The van der Waals surface area contributed by atoms with Gasteiger partial charge in [-0.05, 0) is 48.5 Å². The van der Waals surface area contributed by atoms with E-state index in [1.165, 1.54) is 52.0 Å². The van der Waals surface area contributed by atoms with E-state index in [1.54, 1.807) is 17.5 Å². The van der Waals surface area contributed by atoms with Crippen LogP contribution < -0.4 is 5.32 Å². The topological polar surface area (TPSA) is 115 Å². The van der Waals surface area contributed by atoms with Gasteiger partial charge in [0.1, 0.15) is 5.82 Å². The van der Waals surface area contributed by atoms with E-state index in [0.29, 0.717) is 29.6 Å². The van der Waals surface area contributed by atoms with Crippen LogP contribution >= 0.6 is 11.3 Å². The van der Waals surface area contributed by atoms with Gasteiger partial charge in [0.2, 0.25) is 10.0 Å². The molecule has 1 N–H and O–H groups in total. The molecule has 2 heterocycles. The van der Waals surface area contributed by atoms with Gasteiger partial charge >= 0.3 is 5.97 Å². The first kappa shape index (κ1) is 24.0.